The van der Waals surface area contributed by atoms with Gasteiger partial charge in [0.1, 0.15) is 0 Å². The minimum Gasteiger partial charge on any atom is -0.466 e. The monoisotopic (exact) mass is 274 g/mol. The lowest BCUT2D eigenvalue weighted by Gasteiger charge is -2.21. The fourth-order valence-corrected chi connectivity index (χ4v) is 2.62. The lowest BCUT2D eigenvalue weighted by atomic mass is 9.86. The summed E-state index contributed by atoms with van der Waals surface area (Å²) in [5, 5.41) is 0. The number of hydrogen-bond acceptors (Lipinski definition) is 4. The van der Waals surface area contributed by atoms with Crippen molar-refractivity contribution in [2.75, 3.05) is 12.3 Å². The standard InChI is InChI=1S/C16H22N2O2/c1-3-20-16(19)9-12-4-6-13(7-5-12)15-10-14(17)8-11(2)18-15/h6,8,10,12H,3-5,7,9H2,1-2H3,(H2,17,18). The van der Waals surface area contributed by atoms with Crippen LogP contribution in [0.25, 0.3) is 5.57 Å². The number of carbonyl (C=O) groups is 1. The number of nitrogen functional groups attached to an aromatic ring is 1. The van der Waals surface area contributed by atoms with Gasteiger partial charge in [0.2, 0.25) is 0 Å². The Bertz CT molecular complexity index is 503. The number of aromatic nitrogens is 1. The molecule has 0 aliphatic heterocycles. The summed E-state index contributed by atoms with van der Waals surface area (Å²) in [5.74, 6) is 0.298. The van der Waals surface area contributed by atoms with Crippen LogP contribution in [0.15, 0.2) is 18.2 Å². The third kappa shape index (κ3) is 3.83. The number of nitrogens with zero attached hydrogens (tertiary/aromatic N) is 1. The van der Waals surface area contributed by atoms with Crippen molar-refractivity contribution >= 4 is 17.2 Å². The molecule has 1 unspecified atom stereocenters. The number of pyridine rings is 1. The van der Waals surface area contributed by atoms with E-state index in [0.717, 1.165) is 36.3 Å². The summed E-state index contributed by atoms with van der Waals surface area (Å²) in [6, 6.07) is 3.79. The van der Waals surface area contributed by atoms with E-state index in [1.165, 1.54) is 5.57 Å². The molecule has 0 spiro atoms. The second-order valence-electron chi connectivity index (χ2n) is 5.31. The van der Waals surface area contributed by atoms with Crippen molar-refractivity contribution in [3.8, 4) is 0 Å². The summed E-state index contributed by atoms with van der Waals surface area (Å²) in [6.07, 6.45) is 5.55. The third-order valence-corrected chi connectivity index (χ3v) is 3.58. The van der Waals surface area contributed by atoms with Crippen molar-refractivity contribution in [1.82, 2.24) is 4.98 Å². The Morgan fingerprint density at radius 3 is 2.90 bits per heavy atom. The first-order valence-electron chi connectivity index (χ1n) is 7.17. The van der Waals surface area contributed by atoms with Gasteiger partial charge in [0.15, 0.2) is 0 Å². The zero-order chi connectivity index (χ0) is 14.5. The maximum Gasteiger partial charge on any atom is 0.306 e. The Hall–Kier alpha value is -1.84. The van der Waals surface area contributed by atoms with Crippen molar-refractivity contribution in [3.63, 3.8) is 0 Å². The number of carbonyl (C=O) groups excluding carboxylic acids is 1. The van der Waals surface area contributed by atoms with Crippen molar-refractivity contribution in [2.24, 2.45) is 5.92 Å². The minimum atomic E-state index is -0.0905. The summed E-state index contributed by atoms with van der Waals surface area (Å²) < 4.78 is 5.00. The highest BCUT2D eigenvalue weighted by molar-refractivity contribution is 5.70. The molecule has 1 aliphatic rings. The van der Waals surface area contributed by atoms with E-state index >= 15 is 0 Å². The van der Waals surface area contributed by atoms with Gasteiger partial charge < -0.3 is 10.5 Å². The lowest BCUT2D eigenvalue weighted by molar-refractivity contribution is -0.144. The summed E-state index contributed by atoms with van der Waals surface area (Å²) in [4.78, 5) is 16.0. The van der Waals surface area contributed by atoms with Crippen LogP contribution in [0.1, 0.15) is 44.0 Å². The van der Waals surface area contributed by atoms with Gasteiger partial charge in [0.05, 0.1) is 12.3 Å². The number of nitrogens with two attached hydrogens (primary N) is 1. The molecule has 0 radical (unpaired) electrons. The molecule has 108 valence electrons. The molecule has 4 heteroatoms. The molecule has 0 fully saturated rings. The van der Waals surface area contributed by atoms with Gasteiger partial charge in [-0.2, -0.15) is 0 Å². The Labute approximate surface area is 120 Å². The normalized spacial score (nSPS) is 18.5. The molecule has 2 N–H and O–H groups in total. The molecule has 0 amide bonds. The number of aryl methyl sites for hydroxylation is 1. The van der Waals surface area contributed by atoms with Crippen molar-refractivity contribution < 1.29 is 9.53 Å². The van der Waals surface area contributed by atoms with Gasteiger partial charge in [-0.25, -0.2) is 0 Å². The van der Waals surface area contributed by atoms with Gasteiger partial charge in [0, 0.05) is 17.8 Å². The van der Waals surface area contributed by atoms with Crippen molar-refractivity contribution in [2.45, 2.75) is 39.5 Å². The summed E-state index contributed by atoms with van der Waals surface area (Å²) in [5.41, 5.74) is 9.76. The van der Waals surface area contributed by atoms with Crippen molar-refractivity contribution in [3.05, 3.63) is 29.6 Å². The van der Waals surface area contributed by atoms with Gasteiger partial charge in [-0.15, -0.1) is 0 Å². The van der Waals surface area contributed by atoms with E-state index < -0.39 is 0 Å². The SMILES string of the molecule is CCOC(=O)CC1CC=C(c2cc(N)cc(C)n2)CC1. The first kappa shape index (κ1) is 14.6. The predicted molar refractivity (Wildman–Crippen MR) is 80.0 cm³/mol. The van der Waals surface area contributed by atoms with Gasteiger partial charge in [-0.3, -0.25) is 9.78 Å². The quantitative estimate of drug-likeness (QED) is 0.857. The highest BCUT2D eigenvalue weighted by Gasteiger charge is 2.19. The number of ether oxygens (including phenoxy) is 1. The molecule has 0 aromatic carbocycles. The highest BCUT2D eigenvalue weighted by atomic mass is 16.5. The predicted octanol–water partition coefficient (Wildman–Crippen LogP) is 3.11. The van der Waals surface area contributed by atoms with Crippen LogP contribution in [-0.4, -0.2) is 17.6 Å². The van der Waals surface area contributed by atoms with Crippen LogP contribution in [0.3, 0.4) is 0 Å². The average Bonchev–Trinajstić information content (AvgIpc) is 2.38. The maximum atomic E-state index is 11.5. The third-order valence-electron chi connectivity index (χ3n) is 3.58. The average molecular weight is 274 g/mol. The maximum absolute atomic E-state index is 11.5. The second-order valence-corrected chi connectivity index (χ2v) is 5.31. The topological polar surface area (TPSA) is 65.2 Å². The van der Waals surface area contributed by atoms with Crippen LogP contribution >= 0.6 is 0 Å². The molecule has 1 aliphatic carbocycles. The smallest absolute Gasteiger partial charge is 0.306 e. The molecular weight excluding hydrogens is 252 g/mol. The molecule has 0 saturated carbocycles. The summed E-state index contributed by atoms with van der Waals surface area (Å²) in [6.45, 7) is 4.25. The molecule has 20 heavy (non-hydrogen) atoms. The Morgan fingerprint density at radius 2 is 2.30 bits per heavy atom. The van der Waals surface area contributed by atoms with E-state index in [0.29, 0.717) is 18.9 Å². The molecule has 4 nitrogen and oxygen atoms in total. The highest BCUT2D eigenvalue weighted by Crippen LogP contribution is 2.31. The molecule has 2 rings (SSSR count). The van der Waals surface area contributed by atoms with Gasteiger partial charge >= 0.3 is 5.97 Å². The van der Waals surface area contributed by atoms with Crippen LogP contribution in [0, 0.1) is 12.8 Å². The minimum absolute atomic E-state index is 0.0905. The van der Waals surface area contributed by atoms with Gasteiger partial charge in [0.25, 0.3) is 0 Å². The first-order valence-corrected chi connectivity index (χ1v) is 7.17. The molecular formula is C16H22N2O2. The van der Waals surface area contributed by atoms with Gasteiger partial charge in [-0.1, -0.05) is 6.08 Å². The molecule has 1 heterocycles. The van der Waals surface area contributed by atoms with E-state index in [-0.39, 0.29) is 5.97 Å². The lowest BCUT2D eigenvalue weighted by Crippen LogP contribution is -2.14. The van der Waals surface area contributed by atoms with E-state index in [4.69, 9.17) is 10.5 Å². The van der Waals surface area contributed by atoms with Crippen LogP contribution < -0.4 is 5.73 Å². The fourth-order valence-electron chi connectivity index (χ4n) is 2.62. The number of esters is 1. The van der Waals surface area contributed by atoms with Crippen LogP contribution in [0.5, 0.6) is 0 Å². The Morgan fingerprint density at radius 1 is 1.50 bits per heavy atom. The number of anilines is 1. The van der Waals surface area contributed by atoms with Crippen LogP contribution in [-0.2, 0) is 9.53 Å². The van der Waals surface area contributed by atoms with E-state index in [9.17, 15) is 4.79 Å². The second kappa shape index (κ2) is 6.55. The summed E-state index contributed by atoms with van der Waals surface area (Å²) >= 11 is 0. The van der Waals surface area contributed by atoms with E-state index in [1.54, 1.807) is 0 Å². The molecule has 0 bridgehead atoms. The number of hydrogen-bond donors (Lipinski definition) is 1. The zero-order valence-corrected chi connectivity index (χ0v) is 12.2. The first-order chi connectivity index (χ1) is 9.58. The van der Waals surface area contributed by atoms with Crippen molar-refractivity contribution in [1.29, 1.82) is 0 Å². The molecule has 0 saturated heterocycles. The number of allylic oxidation sites excluding steroid dienone is 2. The largest absolute Gasteiger partial charge is 0.466 e. The number of rotatable bonds is 4. The fraction of sp³-hybridized carbons (Fsp3) is 0.500. The van der Waals surface area contributed by atoms with E-state index in [2.05, 4.69) is 11.1 Å². The van der Waals surface area contributed by atoms with Crippen LogP contribution in [0.2, 0.25) is 0 Å². The summed E-state index contributed by atoms with van der Waals surface area (Å²) in [7, 11) is 0. The zero-order valence-electron chi connectivity index (χ0n) is 12.2. The Kier molecular flexibility index (Phi) is 4.77. The molecule has 1 atom stereocenters. The van der Waals surface area contributed by atoms with Gasteiger partial charge in [-0.05, 0) is 56.7 Å². The molecule has 1 aromatic rings. The Balaban J connectivity index is 2.00. The van der Waals surface area contributed by atoms with E-state index in [1.807, 2.05) is 26.0 Å². The van der Waals surface area contributed by atoms with Crippen LogP contribution in [0.4, 0.5) is 5.69 Å². The molecule has 1 aromatic heterocycles.